The van der Waals surface area contributed by atoms with Gasteiger partial charge in [-0.3, -0.25) is 14.5 Å². The van der Waals surface area contributed by atoms with Crippen LogP contribution in [0.25, 0.3) is 0 Å². The zero-order chi connectivity index (χ0) is 18.4. The van der Waals surface area contributed by atoms with E-state index in [1.54, 1.807) is 6.20 Å². The summed E-state index contributed by atoms with van der Waals surface area (Å²) < 4.78 is 5.64. The second-order valence-electron chi connectivity index (χ2n) is 6.45. The molecule has 0 amide bonds. The number of piperidine rings is 1. The highest BCUT2D eigenvalue weighted by molar-refractivity contribution is 5.85. The second kappa shape index (κ2) is 10.1. The molecule has 1 aliphatic rings. The lowest BCUT2D eigenvalue weighted by Crippen LogP contribution is -2.37. The van der Waals surface area contributed by atoms with Crippen LogP contribution in [-0.2, 0) is 6.54 Å². The molecule has 1 saturated heterocycles. The Morgan fingerprint density at radius 2 is 1.96 bits per heavy atom. The molecule has 8 heteroatoms. The highest BCUT2D eigenvalue weighted by Crippen LogP contribution is 2.15. The molecule has 3 N–H and O–H groups in total. The molecule has 2 aromatic rings. The van der Waals surface area contributed by atoms with E-state index in [9.17, 15) is 9.59 Å². The first kappa shape index (κ1) is 20.9. The van der Waals surface area contributed by atoms with Gasteiger partial charge in [-0.05, 0) is 43.6 Å². The van der Waals surface area contributed by atoms with Crippen molar-refractivity contribution >= 4 is 23.8 Å². The first-order chi connectivity index (χ1) is 12.6. The third-order valence-electron chi connectivity index (χ3n) is 4.49. The maximum Gasteiger partial charge on any atom is 0.253 e. The maximum atomic E-state index is 11.2. The number of aromatic nitrogens is 1. The monoisotopic (exact) mass is 392 g/mol. The first-order valence-corrected chi connectivity index (χ1v) is 8.93. The van der Waals surface area contributed by atoms with Crippen LogP contribution in [0.2, 0.25) is 0 Å². The molecule has 0 spiro atoms. The summed E-state index contributed by atoms with van der Waals surface area (Å²) in [5, 5.41) is 2.82. The molecule has 1 aromatic heterocycles. The van der Waals surface area contributed by atoms with Gasteiger partial charge in [0.05, 0.1) is 0 Å². The van der Waals surface area contributed by atoms with Crippen LogP contribution < -0.4 is 26.6 Å². The summed E-state index contributed by atoms with van der Waals surface area (Å²) in [7, 11) is 0. The fourth-order valence-electron chi connectivity index (χ4n) is 3.03. The largest absolute Gasteiger partial charge is 0.473 e. The number of pyridine rings is 1. The lowest BCUT2D eigenvalue weighted by atomic mass is 10.1. The van der Waals surface area contributed by atoms with Crippen molar-refractivity contribution in [1.82, 2.24) is 9.88 Å². The van der Waals surface area contributed by atoms with Crippen molar-refractivity contribution in [2.75, 3.05) is 37.3 Å². The van der Waals surface area contributed by atoms with Crippen LogP contribution in [0.15, 0.2) is 40.1 Å². The van der Waals surface area contributed by atoms with Crippen molar-refractivity contribution in [3.05, 3.63) is 56.5 Å². The van der Waals surface area contributed by atoms with Gasteiger partial charge in [0.25, 0.3) is 10.9 Å². The van der Waals surface area contributed by atoms with E-state index in [1.807, 2.05) is 24.3 Å². The van der Waals surface area contributed by atoms with Crippen molar-refractivity contribution < 1.29 is 4.74 Å². The fraction of sp³-hybridized carbons (Fsp3) is 0.421. The summed E-state index contributed by atoms with van der Waals surface area (Å²) in [4.78, 5) is 28.9. The minimum Gasteiger partial charge on any atom is -0.473 e. The Labute approximate surface area is 164 Å². The van der Waals surface area contributed by atoms with Gasteiger partial charge in [-0.15, -0.1) is 12.4 Å². The van der Waals surface area contributed by atoms with Crippen LogP contribution in [-0.4, -0.2) is 36.1 Å². The van der Waals surface area contributed by atoms with E-state index in [-0.39, 0.29) is 23.8 Å². The molecule has 1 aliphatic heterocycles. The van der Waals surface area contributed by atoms with Crippen LogP contribution in [0.1, 0.15) is 24.8 Å². The first-order valence-electron chi connectivity index (χ1n) is 8.93. The van der Waals surface area contributed by atoms with Crippen molar-refractivity contribution in [2.24, 2.45) is 0 Å². The number of nitrogens with one attached hydrogen (secondary N) is 1. The average Bonchev–Trinajstić information content (AvgIpc) is 2.67. The summed E-state index contributed by atoms with van der Waals surface area (Å²) in [5.41, 5.74) is 5.69. The summed E-state index contributed by atoms with van der Waals surface area (Å²) in [6.07, 6.45) is 9.29. The number of nitrogens with two attached hydrogens (primary N) is 1. The molecule has 7 nitrogen and oxygen atoms in total. The Bertz CT molecular complexity index is 840. The molecule has 0 saturated carbocycles. The van der Waals surface area contributed by atoms with E-state index < -0.39 is 10.9 Å². The molecule has 0 unspecified atom stereocenters. The van der Waals surface area contributed by atoms with Gasteiger partial charge >= 0.3 is 0 Å². The van der Waals surface area contributed by atoms with Crippen LogP contribution in [0.3, 0.4) is 0 Å². The van der Waals surface area contributed by atoms with E-state index in [4.69, 9.17) is 10.5 Å². The Kier molecular flexibility index (Phi) is 7.82. The maximum absolute atomic E-state index is 11.2. The average molecular weight is 393 g/mol. The zero-order valence-electron chi connectivity index (χ0n) is 15.1. The molecule has 1 aromatic carbocycles. The van der Waals surface area contributed by atoms with Gasteiger partial charge in [0.1, 0.15) is 18.0 Å². The predicted molar refractivity (Wildman–Crippen MR) is 110 cm³/mol. The number of rotatable bonds is 8. The number of halogens is 1. The standard InChI is InChI=1S/C19H24N4O3.ClH/c20-16-17(19(25)18(16)24)22-7-2-5-11-26-15-12-14(6-8-21-15)13-23-9-3-1-4-10-23;/h2,5-6,8,12,22H,1,3-4,7,9-11,13,20H2;1H/b5-2-;. The fourth-order valence-corrected chi connectivity index (χ4v) is 3.03. The van der Waals surface area contributed by atoms with Gasteiger partial charge in [0, 0.05) is 25.4 Å². The lowest BCUT2D eigenvalue weighted by molar-refractivity contribution is 0.220. The van der Waals surface area contributed by atoms with Gasteiger partial charge in [0.2, 0.25) is 5.88 Å². The number of hydrogen-bond donors (Lipinski definition) is 2. The van der Waals surface area contributed by atoms with Crippen LogP contribution in [0, 0.1) is 0 Å². The smallest absolute Gasteiger partial charge is 0.253 e. The number of ether oxygens (including phenoxy) is 1. The third-order valence-corrected chi connectivity index (χ3v) is 4.49. The topological polar surface area (TPSA) is 97.6 Å². The van der Waals surface area contributed by atoms with E-state index in [2.05, 4.69) is 15.2 Å². The molecule has 0 atom stereocenters. The number of anilines is 2. The van der Waals surface area contributed by atoms with Crippen molar-refractivity contribution in [2.45, 2.75) is 25.8 Å². The summed E-state index contributed by atoms with van der Waals surface area (Å²) in [6.45, 7) is 4.03. The SMILES string of the molecule is Cl.Nc1c(NC/C=C\COc2cc(CN3CCCCC3)ccn2)c(=O)c1=O. The molecule has 27 heavy (non-hydrogen) atoms. The minimum absolute atomic E-state index is 0. The van der Waals surface area contributed by atoms with Crippen molar-refractivity contribution in [3.63, 3.8) is 0 Å². The summed E-state index contributed by atoms with van der Waals surface area (Å²) >= 11 is 0. The summed E-state index contributed by atoms with van der Waals surface area (Å²) in [5.74, 6) is 0.601. The highest BCUT2D eigenvalue weighted by atomic mass is 35.5. The van der Waals surface area contributed by atoms with Crippen LogP contribution in [0.5, 0.6) is 5.88 Å². The Morgan fingerprint density at radius 1 is 1.19 bits per heavy atom. The van der Waals surface area contributed by atoms with Crippen molar-refractivity contribution in [3.8, 4) is 5.88 Å². The van der Waals surface area contributed by atoms with E-state index >= 15 is 0 Å². The van der Waals surface area contributed by atoms with E-state index in [0.717, 1.165) is 19.6 Å². The summed E-state index contributed by atoms with van der Waals surface area (Å²) in [6, 6.07) is 4.00. The third kappa shape index (κ3) is 5.55. The zero-order valence-corrected chi connectivity index (χ0v) is 16.0. The molecule has 1 fully saturated rings. The minimum atomic E-state index is -0.615. The Balaban J connectivity index is 0.00000261. The van der Waals surface area contributed by atoms with Gasteiger partial charge in [-0.25, -0.2) is 4.98 Å². The molecule has 0 aliphatic carbocycles. The van der Waals surface area contributed by atoms with Gasteiger partial charge in [-0.1, -0.05) is 12.5 Å². The molecule has 0 radical (unpaired) electrons. The van der Waals surface area contributed by atoms with Crippen molar-refractivity contribution in [1.29, 1.82) is 0 Å². The predicted octanol–water partition coefficient (Wildman–Crippen LogP) is 1.71. The molecule has 3 rings (SSSR count). The highest BCUT2D eigenvalue weighted by Gasteiger charge is 2.16. The Morgan fingerprint density at radius 3 is 2.70 bits per heavy atom. The number of nitrogens with zero attached hydrogens (tertiary/aromatic N) is 2. The quantitative estimate of drug-likeness (QED) is 0.521. The van der Waals surface area contributed by atoms with E-state index in [0.29, 0.717) is 19.0 Å². The molecule has 0 bridgehead atoms. The number of likely N-dealkylation sites (tertiary alicyclic amines) is 1. The molecule has 2 heterocycles. The van der Waals surface area contributed by atoms with Crippen LogP contribution in [0.4, 0.5) is 11.4 Å². The van der Waals surface area contributed by atoms with Gasteiger partial charge in [-0.2, -0.15) is 0 Å². The number of hydrogen-bond acceptors (Lipinski definition) is 7. The molecular formula is C19H25ClN4O3. The Hall–Kier alpha value is -2.38. The van der Waals surface area contributed by atoms with E-state index in [1.165, 1.54) is 24.8 Å². The van der Waals surface area contributed by atoms with Crippen LogP contribution >= 0.6 is 12.4 Å². The second-order valence-corrected chi connectivity index (χ2v) is 6.45. The molecular weight excluding hydrogens is 368 g/mol. The van der Waals surface area contributed by atoms with Gasteiger partial charge < -0.3 is 15.8 Å². The number of nitrogen functional groups attached to an aromatic ring is 1. The van der Waals surface area contributed by atoms with Gasteiger partial charge in [0.15, 0.2) is 0 Å². The molecule has 146 valence electrons. The normalized spacial score (nSPS) is 15.0. The lowest BCUT2D eigenvalue weighted by Gasteiger charge is -2.26.